The highest BCUT2D eigenvalue weighted by atomic mass is 16.3. The van der Waals surface area contributed by atoms with Gasteiger partial charge in [-0.2, -0.15) is 5.10 Å². The molecule has 166 valence electrons. The number of ketones is 1. The molecule has 30 heavy (non-hydrogen) atoms. The van der Waals surface area contributed by atoms with Crippen molar-refractivity contribution in [2.45, 2.75) is 97.1 Å². The molecule has 4 saturated carbocycles. The molecule has 1 heterocycles. The molecule has 4 heteroatoms. The first-order valence-electron chi connectivity index (χ1n) is 12.6. The standard InChI is InChI=1S/C26H40N2O2/c1-4-26(30)12-10-19-18(13-26)5-6-21-20(19)9-11-25(3)22(21)7-8-23(25)24(29)16-28-15-17(2)14-27-28/h14-15,18-23,30H,4-13,16H2,1-3H3/t18-,19-,20+,21+,22-,23+,25-,26+/m0/s1. The van der Waals surface area contributed by atoms with E-state index in [1.54, 1.807) is 0 Å². The normalized spacial score (nSPS) is 45.5. The van der Waals surface area contributed by atoms with E-state index in [9.17, 15) is 9.90 Å². The number of carbonyl (C=O) groups is 1. The van der Waals surface area contributed by atoms with Gasteiger partial charge in [-0.25, -0.2) is 0 Å². The van der Waals surface area contributed by atoms with Gasteiger partial charge < -0.3 is 5.11 Å². The number of hydrogen-bond donors (Lipinski definition) is 1. The molecule has 4 fully saturated rings. The first-order valence-corrected chi connectivity index (χ1v) is 12.6. The SMILES string of the molecule is CC[C@@]1(O)CC[C@H]2[C@@H](CC[C@@H]3[C@@H]2CC[C@]2(C)[C@@H](C(=O)Cn4cc(C)cn4)CC[C@@H]32)C1. The number of carbonyl (C=O) groups excluding carboxylic acids is 1. The number of aromatic nitrogens is 2. The van der Waals surface area contributed by atoms with Gasteiger partial charge in [0.05, 0.1) is 18.3 Å². The van der Waals surface area contributed by atoms with Gasteiger partial charge in [0.1, 0.15) is 0 Å². The number of aliphatic hydroxyl groups is 1. The molecule has 0 bridgehead atoms. The predicted molar refractivity (Wildman–Crippen MR) is 118 cm³/mol. The van der Waals surface area contributed by atoms with Crippen molar-refractivity contribution in [1.82, 2.24) is 9.78 Å². The van der Waals surface area contributed by atoms with Crippen LogP contribution in [0.2, 0.25) is 0 Å². The summed E-state index contributed by atoms with van der Waals surface area (Å²) < 4.78 is 1.84. The largest absolute Gasteiger partial charge is 0.390 e. The highest BCUT2D eigenvalue weighted by molar-refractivity contribution is 5.82. The van der Waals surface area contributed by atoms with Crippen LogP contribution in [-0.4, -0.2) is 26.3 Å². The first kappa shape index (κ1) is 20.7. The van der Waals surface area contributed by atoms with Crippen molar-refractivity contribution in [2.75, 3.05) is 0 Å². The van der Waals surface area contributed by atoms with Crippen molar-refractivity contribution in [1.29, 1.82) is 0 Å². The Balaban J connectivity index is 1.30. The average Bonchev–Trinajstić information content (AvgIpc) is 3.29. The van der Waals surface area contributed by atoms with Crippen LogP contribution in [-0.2, 0) is 11.3 Å². The molecule has 0 saturated heterocycles. The molecule has 0 aromatic carbocycles. The van der Waals surface area contributed by atoms with Gasteiger partial charge in [-0.05, 0) is 112 Å². The third-order valence-electron chi connectivity index (χ3n) is 10.2. The van der Waals surface area contributed by atoms with Gasteiger partial charge in [0, 0.05) is 12.1 Å². The van der Waals surface area contributed by atoms with Crippen molar-refractivity contribution in [3.63, 3.8) is 0 Å². The molecule has 5 rings (SSSR count). The fourth-order valence-electron chi connectivity index (χ4n) is 8.64. The summed E-state index contributed by atoms with van der Waals surface area (Å²) >= 11 is 0. The van der Waals surface area contributed by atoms with Crippen molar-refractivity contribution in [3.8, 4) is 0 Å². The second-order valence-corrected chi connectivity index (χ2v) is 11.6. The van der Waals surface area contributed by atoms with Crippen molar-refractivity contribution < 1.29 is 9.90 Å². The monoisotopic (exact) mass is 412 g/mol. The zero-order valence-electron chi connectivity index (χ0n) is 19.1. The molecule has 0 unspecified atom stereocenters. The topological polar surface area (TPSA) is 55.1 Å². The summed E-state index contributed by atoms with van der Waals surface area (Å²) in [5, 5.41) is 15.2. The molecule has 0 aliphatic heterocycles. The van der Waals surface area contributed by atoms with Crippen LogP contribution in [0.3, 0.4) is 0 Å². The highest BCUT2D eigenvalue weighted by Crippen LogP contribution is 2.64. The number of aryl methyl sites for hydroxylation is 1. The summed E-state index contributed by atoms with van der Waals surface area (Å²) in [6.45, 7) is 7.07. The Morgan fingerprint density at radius 3 is 2.67 bits per heavy atom. The molecule has 1 aromatic heterocycles. The van der Waals surface area contributed by atoms with Gasteiger partial charge in [-0.15, -0.1) is 0 Å². The van der Waals surface area contributed by atoms with Gasteiger partial charge in [0.25, 0.3) is 0 Å². The third kappa shape index (κ3) is 3.29. The van der Waals surface area contributed by atoms with E-state index in [1.165, 1.54) is 38.5 Å². The average molecular weight is 413 g/mol. The van der Waals surface area contributed by atoms with Gasteiger partial charge in [0.2, 0.25) is 0 Å². The highest BCUT2D eigenvalue weighted by Gasteiger charge is 2.58. The van der Waals surface area contributed by atoms with Crippen LogP contribution in [0.5, 0.6) is 0 Å². The Kier molecular flexibility index (Phi) is 5.16. The van der Waals surface area contributed by atoms with Crippen molar-refractivity contribution in [3.05, 3.63) is 18.0 Å². The lowest BCUT2D eigenvalue weighted by Gasteiger charge is -2.57. The first-order chi connectivity index (χ1) is 14.3. The van der Waals surface area contributed by atoms with E-state index in [0.29, 0.717) is 12.3 Å². The minimum atomic E-state index is -0.396. The quantitative estimate of drug-likeness (QED) is 0.742. The molecule has 4 nitrogen and oxygen atoms in total. The minimum Gasteiger partial charge on any atom is -0.390 e. The molecule has 4 aliphatic rings. The van der Waals surface area contributed by atoms with E-state index < -0.39 is 5.60 Å². The molecular weight excluding hydrogens is 372 g/mol. The molecule has 0 spiro atoms. The number of Topliss-reactive ketones (excluding diaryl/α,β-unsaturated/α-hetero) is 1. The molecule has 0 radical (unpaired) electrons. The summed E-state index contributed by atoms with van der Waals surface area (Å²) in [7, 11) is 0. The van der Waals surface area contributed by atoms with E-state index in [-0.39, 0.29) is 11.3 Å². The lowest BCUT2D eigenvalue weighted by molar-refractivity contribution is -0.133. The predicted octanol–water partition coefficient (Wildman–Crippen LogP) is 5.17. The second-order valence-electron chi connectivity index (χ2n) is 11.6. The van der Waals surface area contributed by atoms with Gasteiger partial charge >= 0.3 is 0 Å². The summed E-state index contributed by atoms with van der Waals surface area (Å²) in [5.41, 5.74) is 0.914. The van der Waals surface area contributed by atoms with E-state index in [2.05, 4.69) is 18.9 Å². The third-order valence-corrected chi connectivity index (χ3v) is 10.2. The summed E-state index contributed by atoms with van der Waals surface area (Å²) in [6, 6.07) is 0. The minimum absolute atomic E-state index is 0.187. The van der Waals surface area contributed by atoms with Crippen LogP contribution in [0.1, 0.15) is 83.6 Å². The maximum Gasteiger partial charge on any atom is 0.157 e. The Bertz CT molecular complexity index is 803. The molecule has 4 aliphatic carbocycles. The van der Waals surface area contributed by atoms with Crippen LogP contribution < -0.4 is 0 Å². The molecule has 1 N–H and O–H groups in total. The maximum absolute atomic E-state index is 13.3. The second kappa shape index (κ2) is 7.46. The smallest absolute Gasteiger partial charge is 0.157 e. The van der Waals surface area contributed by atoms with E-state index in [0.717, 1.165) is 60.8 Å². The van der Waals surface area contributed by atoms with Gasteiger partial charge in [-0.1, -0.05) is 13.8 Å². The Labute approximate surface area is 181 Å². The van der Waals surface area contributed by atoms with Crippen molar-refractivity contribution >= 4 is 5.78 Å². The van der Waals surface area contributed by atoms with Crippen LogP contribution in [0.25, 0.3) is 0 Å². The van der Waals surface area contributed by atoms with Crippen LogP contribution in [0, 0.1) is 47.8 Å². The van der Waals surface area contributed by atoms with E-state index in [4.69, 9.17) is 0 Å². The Hall–Kier alpha value is -1.16. The summed E-state index contributed by atoms with van der Waals surface area (Å²) in [4.78, 5) is 13.3. The van der Waals surface area contributed by atoms with E-state index in [1.807, 2.05) is 24.0 Å². The van der Waals surface area contributed by atoms with Crippen LogP contribution in [0.4, 0.5) is 0 Å². The van der Waals surface area contributed by atoms with Gasteiger partial charge in [0.15, 0.2) is 5.78 Å². The fourth-order valence-corrected chi connectivity index (χ4v) is 8.64. The summed E-state index contributed by atoms with van der Waals surface area (Å²) in [6.07, 6.45) is 15.5. The van der Waals surface area contributed by atoms with Crippen LogP contribution >= 0.6 is 0 Å². The van der Waals surface area contributed by atoms with Gasteiger partial charge in [-0.3, -0.25) is 9.48 Å². The number of fused-ring (bicyclic) bond motifs is 5. The number of hydrogen-bond acceptors (Lipinski definition) is 3. The molecular formula is C26H40N2O2. The van der Waals surface area contributed by atoms with Crippen LogP contribution in [0.15, 0.2) is 12.4 Å². The lowest BCUT2D eigenvalue weighted by Crippen LogP contribution is -2.51. The molecule has 1 aromatic rings. The Morgan fingerprint density at radius 2 is 1.93 bits per heavy atom. The summed E-state index contributed by atoms with van der Waals surface area (Å²) in [5.74, 6) is 4.53. The van der Waals surface area contributed by atoms with E-state index >= 15 is 0 Å². The number of rotatable bonds is 4. The molecule has 0 amide bonds. The maximum atomic E-state index is 13.3. The molecule has 8 atom stereocenters. The van der Waals surface area contributed by atoms with Crippen molar-refractivity contribution in [2.24, 2.45) is 40.9 Å². The number of nitrogens with zero attached hydrogens (tertiary/aromatic N) is 2. The fraction of sp³-hybridized carbons (Fsp3) is 0.846. The zero-order valence-corrected chi connectivity index (χ0v) is 19.1. The zero-order chi connectivity index (χ0) is 21.1. The Morgan fingerprint density at radius 1 is 1.13 bits per heavy atom. The lowest BCUT2D eigenvalue weighted by atomic mass is 9.48.